The molecular formula is C15H25NO2. The molecule has 0 radical (unpaired) electrons. The average Bonchev–Trinajstić information content (AvgIpc) is 2.34. The highest BCUT2D eigenvalue weighted by molar-refractivity contribution is 5.28. The van der Waals surface area contributed by atoms with Crippen molar-refractivity contribution in [3.8, 4) is 5.75 Å². The molecule has 0 aliphatic rings. The fraction of sp³-hybridized carbons (Fsp3) is 0.600. The second kappa shape index (κ2) is 7.39. The first-order valence-corrected chi connectivity index (χ1v) is 6.70. The number of hydrogen-bond donors (Lipinski definition) is 3. The molecule has 0 saturated carbocycles. The van der Waals surface area contributed by atoms with Crippen LogP contribution in [-0.2, 0) is 0 Å². The van der Waals surface area contributed by atoms with E-state index in [2.05, 4.69) is 26.1 Å². The van der Waals surface area contributed by atoms with Gasteiger partial charge in [0.1, 0.15) is 5.75 Å². The fourth-order valence-corrected chi connectivity index (χ4v) is 2.23. The van der Waals surface area contributed by atoms with Gasteiger partial charge in [0.25, 0.3) is 0 Å². The van der Waals surface area contributed by atoms with Gasteiger partial charge in [-0.3, -0.25) is 0 Å². The molecule has 0 bridgehead atoms. The molecule has 0 aliphatic heterocycles. The van der Waals surface area contributed by atoms with Crippen molar-refractivity contribution in [2.75, 3.05) is 6.61 Å². The summed E-state index contributed by atoms with van der Waals surface area (Å²) in [6.07, 6.45) is 1.77. The van der Waals surface area contributed by atoms with Gasteiger partial charge >= 0.3 is 0 Å². The third-order valence-corrected chi connectivity index (χ3v) is 3.24. The van der Waals surface area contributed by atoms with Crippen LogP contribution in [0.1, 0.15) is 45.1 Å². The number of nitrogens with one attached hydrogen (secondary N) is 1. The number of aliphatic hydroxyl groups is 1. The molecule has 3 heteroatoms. The first-order chi connectivity index (χ1) is 8.54. The van der Waals surface area contributed by atoms with Crippen LogP contribution in [0.2, 0.25) is 0 Å². The number of aromatic hydroxyl groups is 1. The Hall–Kier alpha value is -1.06. The summed E-state index contributed by atoms with van der Waals surface area (Å²) in [6.45, 7) is 6.69. The summed E-state index contributed by atoms with van der Waals surface area (Å²) >= 11 is 0. The van der Waals surface area contributed by atoms with Crippen molar-refractivity contribution in [2.45, 2.75) is 51.6 Å². The molecule has 0 heterocycles. The van der Waals surface area contributed by atoms with Crippen molar-refractivity contribution in [2.24, 2.45) is 0 Å². The van der Waals surface area contributed by atoms with E-state index in [1.807, 2.05) is 12.1 Å². The van der Waals surface area contributed by atoms with Crippen LogP contribution in [0.5, 0.6) is 5.75 Å². The minimum atomic E-state index is 0.235. The van der Waals surface area contributed by atoms with Crippen LogP contribution in [0.4, 0.5) is 0 Å². The number of phenolic OH excluding ortho intramolecular Hbond substituents is 1. The lowest BCUT2D eigenvalue weighted by atomic mass is 9.90. The quantitative estimate of drug-likeness (QED) is 0.698. The molecule has 0 amide bonds. The Kier molecular flexibility index (Phi) is 6.16. The molecular weight excluding hydrogens is 226 g/mol. The van der Waals surface area contributed by atoms with Gasteiger partial charge in [0.15, 0.2) is 0 Å². The number of aliphatic hydroxyl groups excluding tert-OH is 1. The summed E-state index contributed by atoms with van der Waals surface area (Å²) in [7, 11) is 0. The van der Waals surface area contributed by atoms with Gasteiger partial charge < -0.3 is 15.5 Å². The number of benzene rings is 1. The van der Waals surface area contributed by atoms with Crippen molar-refractivity contribution < 1.29 is 10.2 Å². The highest BCUT2D eigenvalue weighted by Gasteiger charge is 2.19. The Morgan fingerprint density at radius 3 is 2.22 bits per heavy atom. The Bertz CT molecular complexity index is 335. The molecule has 18 heavy (non-hydrogen) atoms. The molecule has 2 unspecified atom stereocenters. The molecule has 1 rings (SSSR count). The minimum absolute atomic E-state index is 0.235. The fourth-order valence-electron chi connectivity index (χ4n) is 2.23. The van der Waals surface area contributed by atoms with E-state index in [0.29, 0.717) is 23.8 Å². The van der Waals surface area contributed by atoms with Crippen LogP contribution in [0.25, 0.3) is 0 Å². The largest absolute Gasteiger partial charge is 0.508 e. The van der Waals surface area contributed by atoms with Crippen molar-refractivity contribution in [1.82, 2.24) is 5.32 Å². The van der Waals surface area contributed by atoms with Crippen LogP contribution in [-0.4, -0.2) is 28.9 Å². The maximum absolute atomic E-state index is 9.32. The zero-order chi connectivity index (χ0) is 13.5. The number of rotatable bonds is 7. The number of hydrogen-bond acceptors (Lipinski definition) is 3. The molecule has 0 aromatic heterocycles. The molecule has 2 atom stereocenters. The van der Waals surface area contributed by atoms with Gasteiger partial charge in [-0.25, -0.2) is 0 Å². The lowest BCUT2D eigenvalue weighted by Gasteiger charge is -2.27. The second-order valence-corrected chi connectivity index (χ2v) is 5.17. The van der Waals surface area contributed by atoms with Crippen molar-refractivity contribution >= 4 is 0 Å². The van der Waals surface area contributed by atoms with E-state index in [-0.39, 0.29) is 6.61 Å². The summed E-state index contributed by atoms with van der Waals surface area (Å²) in [5.41, 5.74) is 1.21. The van der Waals surface area contributed by atoms with Gasteiger partial charge in [0, 0.05) is 18.7 Å². The highest BCUT2D eigenvalue weighted by Crippen LogP contribution is 2.24. The van der Waals surface area contributed by atoms with Crippen LogP contribution >= 0.6 is 0 Å². The summed E-state index contributed by atoms with van der Waals surface area (Å²) in [5.74, 6) is 0.661. The third kappa shape index (κ3) is 4.67. The Labute approximate surface area is 110 Å². The minimum Gasteiger partial charge on any atom is -0.508 e. The summed E-state index contributed by atoms with van der Waals surface area (Å²) in [4.78, 5) is 0. The molecule has 102 valence electrons. The summed E-state index contributed by atoms with van der Waals surface area (Å²) in [6, 6.07) is 8.16. The lowest BCUT2D eigenvalue weighted by molar-refractivity contribution is 0.266. The van der Waals surface area contributed by atoms with Crippen molar-refractivity contribution in [1.29, 1.82) is 0 Å². The first kappa shape index (κ1) is 15.0. The Morgan fingerprint density at radius 2 is 1.72 bits per heavy atom. The van der Waals surface area contributed by atoms with E-state index in [1.54, 1.807) is 12.1 Å². The van der Waals surface area contributed by atoms with E-state index >= 15 is 0 Å². The predicted octanol–water partition coefficient (Wildman–Crippen LogP) is 2.63. The number of phenols is 1. The molecule has 1 aromatic carbocycles. The average molecular weight is 251 g/mol. The standard InChI is InChI=1S/C15H25NO2/c1-11(2)16-15(5-4-10-17)12(3)13-6-8-14(18)9-7-13/h6-9,11-12,15-18H,4-5,10H2,1-3H3. The van der Waals surface area contributed by atoms with Gasteiger partial charge in [0.2, 0.25) is 0 Å². The lowest BCUT2D eigenvalue weighted by Crippen LogP contribution is -2.38. The predicted molar refractivity (Wildman–Crippen MR) is 74.9 cm³/mol. The normalized spacial score (nSPS) is 14.7. The highest BCUT2D eigenvalue weighted by atomic mass is 16.3. The van der Waals surface area contributed by atoms with E-state index in [0.717, 1.165) is 12.8 Å². The van der Waals surface area contributed by atoms with Crippen molar-refractivity contribution in [3.05, 3.63) is 29.8 Å². The van der Waals surface area contributed by atoms with Gasteiger partial charge in [-0.15, -0.1) is 0 Å². The summed E-state index contributed by atoms with van der Waals surface area (Å²) in [5, 5.41) is 21.8. The van der Waals surface area contributed by atoms with Gasteiger partial charge in [-0.05, 0) is 36.5 Å². The van der Waals surface area contributed by atoms with Gasteiger partial charge in [-0.1, -0.05) is 32.9 Å². The SMILES string of the molecule is CC(C)NC(CCCO)C(C)c1ccc(O)cc1. The van der Waals surface area contributed by atoms with Crippen LogP contribution < -0.4 is 5.32 Å². The maximum atomic E-state index is 9.32. The third-order valence-electron chi connectivity index (χ3n) is 3.24. The zero-order valence-electron chi connectivity index (χ0n) is 11.6. The van der Waals surface area contributed by atoms with E-state index in [9.17, 15) is 5.11 Å². The Morgan fingerprint density at radius 1 is 1.11 bits per heavy atom. The molecule has 0 saturated heterocycles. The monoisotopic (exact) mass is 251 g/mol. The topological polar surface area (TPSA) is 52.5 Å². The zero-order valence-corrected chi connectivity index (χ0v) is 11.6. The molecule has 1 aromatic rings. The molecule has 0 spiro atoms. The molecule has 0 aliphatic carbocycles. The summed E-state index contributed by atoms with van der Waals surface area (Å²) < 4.78 is 0. The molecule has 0 fully saturated rings. The molecule has 3 nitrogen and oxygen atoms in total. The Balaban J connectivity index is 2.73. The first-order valence-electron chi connectivity index (χ1n) is 6.70. The second-order valence-electron chi connectivity index (χ2n) is 5.17. The molecule has 3 N–H and O–H groups in total. The van der Waals surface area contributed by atoms with Gasteiger partial charge in [-0.2, -0.15) is 0 Å². The van der Waals surface area contributed by atoms with Crippen molar-refractivity contribution in [3.63, 3.8) is 0 Å². The maximum Gasteiger partial charge on any atom is 0.115 e. The van der Waals surface area contributed by atoms with Gasteiger partial charge in [0.05, 0.1) is 0 Å². The van der Waals surface area contributed by atoms with Crippen LogP contribution in [0.15, 0.2) is 24.3 Å². The smallest absolute Gasteiger partial charge is 0.115 e. The van der Waals surface area contributed by atoms with E-state index < -0.39 is 0 Å². The van der Waals surface area contributed by atoms with Crippen LogP contribution in [0, 0.1) is 0 Å². The van der Waals surface area contributed by atoms with E-state index in [1.165, 1.54) is 5.56 Å². The van der Waals surface area contributed by atoms with Crippen LogP contribution in [0.3, 0.4) is 0 Å². The van der Waals surface area contributed by atoms with E-state index in [4.69, 9.17) is 5.11 Å².